The largest absolute Gasteiger partial charge is 0.462 e. The molecule has 10 heteroatoms. The van der Waals surface area contributed by atoms with Gasteiger partial charge < -0.3 is 34.5 Å². The lowest BCUT2D eigenvalue weighted by molar-refractivity contribution is -0.154. The first-order chi connectivity index (χ1) is 17.3. The lowest BCUT2D eigenvalue weighted by Gasteiger charge is -2.31. The smallest absolute Gasteiger partial charge is 0.357 e. The molecule has 37 heavy (non-hydrogen) atoms. The van der Waals surface area contributed by atoms with Crippen LogP contribution in [-0.2, 0) is 28.5 Å². The molecule has 0 unspecified atom stereocenters. The van der Waals surface area contributed by atoms with Gasteiger partial charge in [0.15, 0.2) is 11.4 Å². The van der Waals surface area contributed by atoms with Gasteiger partial charge in [0.1, 0.15) is 11.2 Å². The third-order valence-corrected chi connectivity index (χ3v) is 5.23. The summed E-state index contributed by atoms with van der Waals surface area (Å²) in [6.45, 7) is 14.8. The van der Waals surface area contributed by atoms with Crippen molar-refractivity contribution in [1.82, 2.24) is 10.6 Å². The van der Waals surface area contributed by atoms with Gasteiger partial charge in [0.2, 0.25) is 0 Å². The number of nitrogens with zero attached hydrogens (tertiary/aromatic N) is 1. The summed E-state index contributed by atoms with van der Waals surface area (Å²) in [6.07, 6.45) is 1.58. The van der Waals surface area contributed by atoms with Crippen LogP contribution in [0.4, 0.5) is 5.69 Å². The standard InChI is InChI=1S/C27H37N3O7/c1-8-35-23(31)18-10-9-17(15-20(18)30-11-13-34-14-12-30)19-16-28-21(24(32)36-26(2,3)4)22(29-19)25(33)37-27(5,6)7/h9-10,15-16,28-29H,8,11-14H2,1-7H3. The van der Waals surface area contributed by atoms with Crippen molar-refractivity contribution in [1.29, 1.82) is 0 Å². The molecule has 1 aromatic carbocycles. The highest BCUT2D eigenvalue weighted by Gasteiger charge is 2.32. The number of nitrogens with one attached hydrogen (secondary N) is 2. The number of carbonyl (C=O) groups excluding carboxylic acids is 3. The van der Waals surface area contributed by atoms with Crippen molar-refractivity contribution in [3.63, 3.8) is 0 Å². The molecule has 0 saturated carbocycles. The molecule has 0 bridgehead atoms. The molecule has 10 nitrogen and oxygen atoms in total. The summed E-state index contributed by atoms with van der Waals surface area (Å²) in [5.74, 6) is -1.81. The van der Waals surface area contributed by atoms with E-state index in [1.807, 2.05) is 6.07 Å². The predicted molar refractivity (Wildman–Crippen MR) is 138 cm³/mol. The molecular formula is C27H37N3O7. The van der Waals surface area contributed by atoms with Crippen molar-refractivity contribution < 1.29 is 33.3 Å². The summed E-state index contributed by atoms with van der Waals surface area (Å²) in [5.41, 5.74) is 0.677. The molecule has 1 fully saturated rings. The minimum Gasteiger partial charge on any atom is -0.462 e. The second kappa shape index (κ2) is 11.2. The first-order valence-corrected chi connectivity index (χ1v) is 12.4. The summed E-state index contributed by atoms with van der Waals surface area (Å²) in [7, 11) is 0. The van der Waals surface area contributed by atoms with Crippen LogP contribution in [0.15, 0.2) is 35.8 Å². The number of benzene rings is 1. The predicted octanol–water partition coefficient (Wildman–Crippen LogP) is 3.09. The zero-order valence-electron chi connectivity index (χ0n) is 22.6. The van der Waals surface area contributed by atoms with Gasteiger partial charge >= 0.3 is 17.9 Å². The Bertz CT molecular complexity index is 1100. The van der Waals surface area contributed by atoms with E-state index >= 15 is 0 Å². The van der Waals surface area contributed by atoms with E-state index < -0.39 is 29.1 Å². The number of carbonyl (C=O) groups is 3. The fraction of sp³-hybridized carbons (Fsp3) is 0.519. The highest BCUT2D eigenvalue weighted by atomic mass is 16.6. The number of ether oxygens (including phenoxy) is 4. The average Bonchev–Trinajstić information content (AvgIpc) is 2.82. The van der Waals surface area contributed by atoms with Crippen molar-refractivity contribution in [2.24, 2.45) is 0 Å². The number of anilines is 1. The van der Waals surface area contributed by atoms with Crippen LogP contribution in [0.2, 0.25) is 0 Å². The number of hydrogen-bond acceptors (Lipinski definition) is 10. The van der Waals surface area contributed by atoms with Gasteiger partial charge in [0.25, 0.3) is 0 Å². The lowest BCUT2D eigenvalue weighted by Crippen LogP contribution is -2.39. The maximum atomic E-state index is 13.1. The third kappa shape index (κ3) is 7.48. The van der Waals surface area contributed by atoms with Gasteiger partial charge in [-0.2, -0.15) is 0 Å². The Morgan fingerprint density at radius 1 is 0.919 bits per heavy atom. The molecule has 0 aromatic heterocycles. The quantitative estimate of drug-likeness (QED) is 0.433. The molecule has 0 radical (unpaired) electrons. The Morgan fingerprint density at radius 2 is 1.51 bits per heavy atom. The van der Waals surface area contributed by atoms with E-state index in [-0.39, 0.29) is 18.0 Å². The highest BCUT2D eigenvalue weighted by Crippen LogP contribution is 2.29. The Morgan fingerprint density at radius 3 is 2.08 bits per heavy atom. The van der Waals surface area contributed by atoms with Gasteiger partial charge in [-0.05, 0) is 60.6 Å². The first-order valence-electron chi connectivity index (χ1n) is 12.4. The molecule has 202 valence electrons. The van der Waals surface area contributed by atoms with Crippen LogP contribution >= 0.6 is 0 Å². The second-order valence-electron chi connectivity index (χ2n) is 10.6. The molecule has 0 amide bonds. The van der Waals surface area contributed by atoms with Gasteiger partial charge in [0.05, 0.1) is 36.8 Å². The number of esters is 3. The van der Waals surface area contributed by atoms with Crippen molar-refractivity contribution in [3.8, 4) is 0 Å². The Balaban J connectivity index is 1.99. The van der Waals surface area contributed by atoms with Crippen LogP contribution in [0.25, 0.3) is 5.70 Å². The summed E-state index contributed by atoms with van der Waals surface area (Å²) < 4.78 is 21.8. The SMILES string of the molecule is CCOC(=O)c1ccc(C2=CNC(C(=O)OC(C)(C)C)=C(C(=O)OC(C)(C)C)N2)cc1N1CCOCC1. The minimum absolute atomic E-state index is 0.0514. The van der Waals surface area contributed by atoms with Gasteiger partial charge in [-0.15, -0.1) is 0 Å². The maximum absolute atomic E-state index is 13.1. The third-order valence-electron chi connectivity index (χ3n) is 5.23. The average molecular weight is 516 g/mol. The Kier molecular flexibility index (Phi) is 8.53. The molecule has 2 heterocycles. The molecular weight excluding hydrogens is 478 g/mol. The molecule has 2 aliphatic rings. The topological polar surface area (TPSA) is 115 Å². The zero-order chi connectivity index (χ0) is 27.4. The molecule has 3 rings (SSSR count). The summed E-state index contributed by atoms with van der Waals surface area (Å²) in [6, 6.07) is 5.30. The zero-order valence-corrected chi connectivity index (χ0v) is 22.6. The molecule has 1 aromatic rings. The van der Waals surface area contributed by atoms with E-state index in [2.05, 4.69) is 15.5 Å². The van der Waals surface area contributed by atoms with E-state index in [0.29, 0.717) is 48.8 Å². The van der Waals surface area contributed by atoms with E-state index in [9.17, 15) is 14.4 Å². The fourth-order valence-corrected chi connectivity index (χ4v) is 3.72. The Hall–Kier alpha value is -3.53. The minimum atomic E-state index is -0.781. The molecule has 2 N–H and O–H groups in total. The van der Waals surface area contributed by atoms with Crippen LogP contribution < -0.4 is 15.5 Å². The Labute approximate surface area is 218 Å². The molecule has 0 aliphatic carbocycles. The van der Waals surface area contributed by atoms with Crippen molar-refractivity contribution in [2.75, 3.05) is 37.8 Å². The first kappa shape index (κ1) is 28.0. The number of morpholine rings is 1. The van der Waals surface area contributed by atoms with Gasteiger partial charge in [-0.3, -0.25) is 0 Å². The molecule has 1 saturated heterocycles. The van der Waals surface area contributed by atoms with Crippen LogP contribution in [0.5, 0.6) is 0 Å². The molecule has 0 atom stereocenters. The van der Waals surface area contributed by atoms with E-state index in [1.54, 1.807) is 66.8 Å². The monoisotopic (exact) mass is 515 g/mol. The van der Waals surface area contributed by atoms with Gasteiger partial charge in [-0.1, -0.05) is 6.07 Å². The molecule has 0 spiro atoms. The van der Waals surface area contributed by atoms with E-state index in [4.69, 9.17) is 18.9 Å². The van der Waals surface area contributed by atoms with Crippen molar-refractivity contribution in [3.05, 3.63) is 46.9 Å². The highest BCUT2D eigenvalue weighted by molar-refractivity contribution is 6.02. The van der Waals surface area contributed by atoms with Gasteiger partial charge in [0, 0.05) is 24.9 Å². The fourth-order valence-electron chi connectivity index (χ4n) is 3.72. The summed E-state index contributed by atoms with van der Waals surface area (Å²) >= 11 is 0. The molecule has 2 aliphatic heterocycles. The van der Waals surface area contributed by atoms with Crippen molar-refractivity contribution >= 4 is 29.3 Å². The van der Waals surface area contributed by atoms with E-state index in [1.165, 1.54) is 0 Å². The summed E-state index contributed by atoms with van der Waals surface area (Å²) in [5, 5.41) is 5.97. The maximum Gasteiger partial charge on any atom is 0.357 e. The number of hydrogen-bond donors (Lipinski definition) is 2. The second-order valence-corrected chi connectivity index (χ2v) is 10.6. The number of rotatable bonds is 6. The normalized spacial score (nSPS) is 16.3. The lowest BCUT2D eigenvalue weighted by atomic mass is 10.0. The summed E-state index contributed by atoms with van der Waals surface area (Å²) in [4.78, 5) is 40.7. The van der Waals surface area contributed by atoms with Crippen LogP contribution in [-0.4, -0.2) is 62.0 Å². The van der Waals surface area contributed by atoms with Crippen LogP contribution in [0.3, 0.4) is 0 Å². The van der Waals surface area contributed by atoms with Gasteiger partial charge in [-0.25, -0.2) is 14.4 Å². The van der Waals surface area contributed by atoms with E-state index in [0.717, 1.165) is 0 Å². The van der Waals surface area contributed by atoms with Crippen LogP contribution in [0, 0.1) is 0 Å². The van der Waals surface area contributed by atoms with Crippen LogP contribution in [0.1, 0.15) is 64.4 Å². The van der Waals surface area contributed by atoms with Crippen molar-refractivity contribution in [2.45, 2.75) is 59.7 Å².